The number of nitrogens with one attached hydrogen (secondary N) is 2. The van der Waals surface area contributed by atoms with Crippen LogP contribution in [0, 0.1) is 0 Å². The van der Waals surface area contributed by atoms with Gasteiger partial charge in [0.1, 0.15) is 6.10 Å². The SMILES string of the molecule is CCCCCC(=O)OC(C)c1ccc(S(=O)(=O)NC(=O)NC2CCCCC2)cc1. The largest absolute Gasteiger partial charge is 0.458 e. The van der Waals surface area contributed by atoms with Crippen molar-refractivity contribution < 1.29 is 22.7 Å². The van der Waals surface area contributed by atoms with Crippen LogP contribution in [0.3, 0.4) is 0 Å². The predicted molar refractivity (Wildman–Crippen MR) is 111 cm³/mol. The first kappa shape index (κ1) is 23.2. The molecule has 1 atom stereocenters. The zero-order valence-corrected chi connectivity index (χ0v) is 18.1. The molecular formula is C21H32N2O5S. The highest BCUT2D eigenvalue weighted by Crippen LogP contribution is 2.21. The number of ether oxygens (including phenoxy) is 1. The molecule has 0 spiro atoms. The topological polar surface area (TPSA) is 102 Å². The Balaban J connectivity index is 1.90. The molecule has 2 N–H and O–H groups in total. The van der Waals surface area contributed by atoms with E-state index in [0.29, 0.717) is 12.0 Å². The number of carbonyl (C=O) groups is 2. The van der Waals surface area contributed by atoms with Crippen molar-refractivity contribution in [2.45, 2.75) is 88.7 Å². The number of hydrogen-bond donors (Lipinski definition) is 2. The van der Waals surface area contributed by atoms with E-state index in [1.54, 1.807) is 19.1 Å². The molecule has 0 aromatic heterocycles. The number of sulfonamides is 1. The number of amides is 2. The molecule has 0 saturated heterocycles. The van der Waals surface area contributed by atoms with Crippen molar-refractivity contribution in [1.29, 1.82) is 0 Å². The summed E-state index contributed by atoms with van der Waals surface area (Å²) in [4.78, 5) is 23.9. The molecule has 1 aromatic rings. The lowest BCUT2D eigenvalue weighted by atomic mass is 9.96. The number of benzene rings is 1. The summed E-state index contributed by atoms with van der Waals surface area (Å²) in [6.45, 7) is 3.81. The van der Waals surface area contributed by atoms with Crippen LogP contribution in [0.1, 0.15) is 83.3 Å². The van der Waals surface area contributed by atoms with E-state index in [4.69, 9.17) is 4.74 Å². The van der Waals surface area contributed by atoms with Crippen molar-refractivity contribution in [1.82, 2.24) is 10.0 Å². The van der Waals surface area contributed by atoms with Crippen LogP contribution in [-0.4, -0.2) is 26.5 Å². The first-order valence-corrected chi connectivity index (χ1v) is 11.9. The highest BCUT2D eigenvalue weighted by Gasteiger charge is 2.21. The zero-order valence-electron chi connectivity index (χ0n) is 17.3. The van der Waals surface area contributed by atoms with Crippen molar-refractivity contribution in [2.24, 2.45) is 0 Å². The van der Waals surface area contributed by atoms with E-state index in [2.05, 4.69) is 17.0 Å². The van der Waals surface area contributed by atoms with Gasteiger partial charge in [-0.1, -0.05) is 51.2 Å². The molecule has 0 bridgehead atoms. The van der Waals surface area contributed by atoms with E-state index in [0.717, 1.165) is 51.4 Å². The fourth-order valence-corrected chi connectivity index (χ4v) is 4.32. The molecule has 2 rings (SSSR count). The minimum absolute atomic E-state index is 0.0125. The van der Waals surface area contributed by atoms with Crippen molar-refractivity contribution in [3.8, 4) is 0 Å². The van der Waals surface area contributed by atoms with Gasteiger partial charge in [-0.3, -0.25) is 4.79 Å². The average Bonchev–Trinajstić information content (AvgIpc) is 2.68. The van der Waals surface area contributed by atoms with E-state index in [-0.39, 0.29) is 16.9 Å². The molecule has 1 aliphatic carbocycles. The highest BCUT2D eigenvalue weighted by atomic mass is 32.2. The minimum Gasteiger partial charge on any atom is -0.458 e. The molecule has 0 radical (unpaired) electrons. The monoisotopic (exact) mass is 424 g/mol. The molecule has 0 heterocycles. The summed E-state index contributed by atoms with van der Waals surface area (Å²) in [5.41, 5.74) is 0.694. The summed E-state index contributed by atoms with van der Waals surface area (Å²) < 4.78 is 32.3. The van der Waals surface area contributed by atoms with Gasteiger partial charge in [-0.2, -0.15) is 0 Å². The maximum atomic E-state index is 12.4. The third-order valence-electron chi connectivity index (χ3n) is 5.12. The summed E-state index contributed by atoms with van der Waals surface area (Å²) in [5, 5.41) is 2.73. The number of unbranched alkanes of at least 4 members (excludes halogenated alkanes) is 2. The van der Waals surface area contributed by atoms with Gasteiger partial charge in [0.05, 0.1) is 4.90 Å². The van der Waals surface area contributed by atoms with Gasteiger partial charge in [0, 0.05) is 12.5 Å². The van der Waals surface area contributed by atoms with Gasteiger partial charge in [-0.25, -0.2) is 17.9 Å². The third-order valence-corrected chi connectivity index (χ3v) is 6.47. The number of esters is 1. The molecule has 0 aliphatic heterocycles. The van der Waals surface area contributed by atoms with Gasteiger partial charge in [0.15, 0.2) is 0 Å². The van der Waals surface area contributed by atoms with Crippen LogP contribution in [0.2, 0.25) is 0 Å². The Labute approximate surface area is 173 Å². The molecule has 7 nitrogen and oxygen atoms in total. The van der Waals surface area contributed by atoms with Crippen LogP contribution in [0.25, 0.3) is 0 Å². The smallest absolute Gasteiger partial charge is 0.328 e. The third kappa shape index (κ3) is 7.68. The Hall–Kier alpha value is -2.09. The number of carbonyl (C=O) groups excluding carboxylic acids is 2. The maximum Gasteiger partial charge on any atom is 0.328 e. The second-order valence-electron chi connectivity index (χ2n) is 7.57. The number of hydrogen-bond acceptors (Lipinski definition) is 5. The lowest BCUT2D eigenvalue weighted by molar-refractivity contribution is -0.148. The molecular weight excluding hydrogens is 392 g/mol. The molecule has 1 aliphatic rings. The lowest BCUT2D eigenvalue weighted by Gasteiger charge is -2.22. The van der Waals surface area contributed by atoms with Crippen molar-refractivity contribution in [3.05, 3.63) is 29.8 Å². The summed E-state index contributed by atoms with van der Waals surface area (Å²) in [6, 6.07) is 5.33. The van der Waals surface area contributed by atoms with E-state index in [9.17, 15) is 18.0 Å². The Morgan fingerprint density at radius 1 is 1.10 bits per heavy atom. The lowest BCUT2D eigenvalue weighted by Crippen LogP contribution is -2.45. The van der Waals surface area contributed by atoms with Gasteiger partial charge in [-0.05, 0) is 43.9 Å². The summed E-state index contributed by atoms with van der Waals surface area (Å²) >= 11 is 0. The highest BCUT2D eigenvalue weighted by molar-refractivity contribution is 7.90. The minimum atomic E-state index is -3.96. The first-order valence-electron chi connectivity index (χ1n) is 10.4. The molecule has 29 heavy (non-hydrogen) atoms. The van der Waals surface area contributed by atoms with Crippen LogP contribution in [-0.2, 0) is 19.6 Å². The average molecular weight is 425 g/mol. The Morgan fingerprint density at radius 2 is 1.76 bits per heavy atom. The standard InChI is InChI=1S/C21H32N2O5S/c1-3-4-6-11-20(24)28-16(2)17-12-14-19(15-13-17)29(26,27)23-21(25)22-18-9-7-5-8-10-18/h12-16,18H,3-11H2,1-2H3,(H2,22,23,25). The second-order valence-corrected chi connectivity index (χ2v) is 9.25. The van der Waals surface area contributed by atoms with E-state index in [1.807, 2.05) is 0 Å². The van der Waals surface area contributed by atoms with Crippen LogP contribution in [0.5, 0.6) is 0 Å². The second kappa shape index (κ2) is 11.2. The maximum absolute atomic E-state index is 12.4. The van der Waals surface area contributed by atoms with Gasteiger partial charge < -0.3 is 10.1 Å². The Kier molecular flexibility index (Phi) is 8.95. The molecule has 1 saturated carbocycles. The Morgan fingerprint density at radius 3 is 2.38 bits per heavy atom. The van der Waals surface area contributed by atoms with Crippen LogP contribution >= 0.6 is 0 Å². The molecule has 2 amide bonds. The fourth-order valence-electron chi connectivity index (χ4n) is 3.40. The first-order chi connectivity index (χ1) is 13.8. The Bertz CT molecular complexity index is 771. The van der Waals surface area contributed by atoms with Crippen LogP contribution in [0.4, 0.5) is 4.79 Å². The van der Waals surface area contributed by atoms with E-state index < -0.39 is 22.2 Å². The van der Waals surface area contributed by atoms with Gasteiger partial charge in [0.2, 0.25) is 0 Å². The molecule has 1 unspecified atom stereocenters. The van der Waals surface area contributed by atoms with Gasteiger partial charge in [-0.15, -0.1) is 0 Å². The summed E-state index contributed by atoms with van der Waals surface area (Å²) in [5.74, 6) is -0.260. The van der Waals surface area contributed by atoms with E-state index >= 15 is 0 Å². The molecule has 8 heteroatoms. The summed E-state index contributed by atoms with van der Waals surface area (Å²) in [7, 11) is -3.96. The van der Waals surface area contributed by atoms with Gasteiger partial charge >= 0.3 is 12.0 Å². The molecule has 162 valence electrons. The fraction of sp³-hybridized carbons (Fsp3) is 0.619. The number of urea groups is 1. The van der Waals surface area contributed by atoms with Crippen LogP contribution < -0.4 is 10.0 Å². The van der Waals surface area contributed by atoms with Crippen molar-refractivity contribution in [3.63, 3.8) is 0 Å². The van der Waals surface area contributed by atoms with Crippen molar-refractivity contribution >= 4 is 22.0 Å². The van der Waals surface area contributed by atoms with Gasteiger partial charge in [0.25, 0.3) is 10.0 Å². The zero-order chi connectivity index (χ0) is 21.3. The van der Waals surface area contributed by atoms with Crippen molar-refractivity contribution in [2.75, 3.05) is 0 Å². The normalized spacial score (nSPS) is 16.1. The summed E-state index contributed by atoms with van der Waals surface area (Å²) in [6.07, 6.45) is 7.71. The quantitative estimate of drug-likeness (QED) is 0.457. The number of rotatable bonds is 9. The predicted octanol–water partition coefficient (Wildman–Crippen LogP) is 4.19. The molecule has 1 aromatic carbocycles. The van der Waals surface area contributed by atoms with Crippen LogP contribution in [0.15, 0.2) is 29.2 Å². The van der Waals surface area contributed by atoms with E-state index in [1.165, 1.54) is 12.1 Å². The molecule has 1 fully saturated rings.